The molecule has 1 aliphatic carbocycles. The molecule has 0 bridgehead atoms. The summed E-state index contributed by atoms with van der Waals surface area (Å²) in [5, 5.41) is 2.84. The maximum atomic E-state index is 11.9. The Hall–Kier alpha value is -1.97. The van der Waals surface area contributed by atoms with Crippen molar-refractivity contribution in [2.75, 3.05) is 25.0 Å². The van der Waals surface area contributed by atoms with Crippen LogP contribution in [0.1, 0.15) is 30.1 Å². The lowest BCUT2D eigenvalue weighted by Crippen LogP contribution is -2.24. The summed E-state index contributed by atoms with van der Waals surface area (Å²) in [7, 11) is 2.12. The predicted molar refractivity (Wildman–Crippen MR) is 81.4 cm³/mol. The number of rotatable bonds is 5. The molecule has 4 nitrogen and oxygen atoms in total. The molecule has 4 heteroatoms. The number of pyridine rings is 1. The van der Waals surface area contributed by atoms with Crippen LogP contribution in [0.25, 0.3) is 5.52 Å². The highest BCUT2D eigenvalue weighted by atomic mass is 16.1. The first kappa shape index (κ1) is 13.0. The molecule has 2 aromatic heterocycles. The van der Waals surface area contributed by atoms with Crippen LogP contribution in [0.5, 0.6) is 0 Å². The van der Waals surface area contributed by atoms with Gasteiger partial charge in [-0.05, 0) is 49.9 Å². The molecule has 20 heavy (non-hydrogen) atoms. The lowest BCUT2D eigenvalue weighted by Gasteiger charge is -2.19. The van der Waals surface area contributed by atoms with E-state index in [1.54, 1.807) is 0 Å². The molecule has 0 unspecified atom stereocenters. The zero-order valence-electron chi connectivity index (χ0n) is 12.1. The Morgan fingerprint density at radius 3 is 2.80 bits per heavy atom. The molecule has 1 amide bonds. The highest BCUT2D eigenvalue weighted by Crippen LogP contribution is 2.31. The summed E-state index contributed by atoms with van der Waals surface area (Å²) in [6.07, 6.45) is 4.62. The van der Waals surface area contributed by atoms with Crippen LogP contribution in [0.4, 0.5) is 5.82 Å². The van der Waals surface area contributed by atoms with Gasteiger partial charge in [0.05, 0.1) is 5.56 Å². The second kappa shape index (κ2) is 5.19. The summed E-state index contributed by atoms with van der Waals surface area (Å²) in [4.78, 5) is 14.2. The van der Waals surface area contributed by atoms with E-state index in [1.807, 2.05) is 25.3 Å². The molecule has 0 aliphatic heterocycles. The van der Waals surface area contributed by atoms with Crippen LogP contribution in [-0.4, -0.2) is 30.4 Å². The summed E-state index contributed by atoms with van der Waals surface area (Å²) >= 11 is 0. The maximum absolute atomic E-state index is 11.9. The van der Waals surface area contributed by atoms with Gasteiger partial charge < -0.3 is 14.6 Å². The van der Waals surface area contributed by atoms with Gasteiger partial charge in [0.2, 0.25) is 0 Å². The molecular weight excluding hydrogens is 250 g/mol. The van der Waals surface area contributed by atoms with E-state index >= 15 is 0 Å². The van der Waals surface area contributed by atoms with E-state index < -0.39 is 0 Å². The third-order valence-corrected chi connectivity index (χ3v) is 3.85. The Morgan fingerprint density at radius 1 is 1.35 bits per heavy atom. The van der Waals surface area contributed by atoms with Crippen molar-refractivity contribution >= 4 is 17.2 Å². The lowest BCUT2D eigenvalue weighted by atomic mass is 10.2. The van der Waals surface area contributed by atoms with Gasteiger partial charge in [0.25, 0.3) is 5.91 Å². The van der Waals surface area contributed by atoms with E-state index in [-0.39, 0.29) is 5.91 Å². The Bertz CT molecular complexity index is 628. The van der Waals surface area contributed by atoms with Crippen LogP contribution in [0.15, 0.2) is 30.5 Å². The summed E-state index contributed by atoms with van der Waals surface area (Å²) in [5.74, 6) is 1.98. The van der Waals surface area contributed by atoms with Crippen molar-refractivity contribution in [2.45, 2.75) is 19.8 Å². The SMILES string of the molecule is CCNC(=O)c1ccc2ccc(N(C)CC3CC3)n2c1. The Kier molecular flexibility index (Phi) is 3.38. The minimum atomic E-state index is -0.0149. The van der Waals surface area contributed by atoms with Crippen molar-refractivity contribution in [3.63, 3.8) is 0 Å². The lowest BCUT2D eigenvalue weighted by molar-refractivity contribution is 0.0955. The van der Waals surface area contributed by atoms with Crippen molar-refractivity contribution in [3.8, 4) is 0 Å². The Balaban J connectivity index is 1.92. The Labute approximate surface area is 119 Å². The van der Waals surface area contributed by atoms with Gasteiger partial charge in [-0.2, -0.15) is 0 Å². The molecule has 1 aliphatic rings. The average Bonchev–Trinajstić information content (AvgIpc) is 3.15. The average molecular weight is 271 g/mol. The highest BCUT2D eigenvalue weighted by molar-refractivity contribution is 5.94. The molecule has 1 N–H and O–H groups in total. The van der Waals surface area contributed by atoms with Gasteiger partial charge >= 0.3 is 0 Å². The van der Waals surface area contributed by atoms with E-state index in [9.17, 15) is 4.79 Å². The molecule has 1 saturated carbocycles. The quantitative estimate of drug-likeness (QED) is 0.907. The van der Waals surface area contributed by atoms with Gasteiger partial charge in [-0.25, -0.2) is 0 Å². The van der Waals surface area contributed by atoms with Crippen molar-refractivity contribution in [2.24, 2.45) is 5.92 Å². The second-order valence-corrected chi connectivity index (χ2v) is 5.59. The van der Waals surface area contributed by atoms with Gasteiger partial charge in [-0.3, -0.25) is 4.79 Å². The highest BCUT2D eigenvalue weighted by Gasteiger charge is 2.23. The fourth-order valence-electron chi connectivity index (χ4n) is 2.58. The summed E-state index contributed by atoms with van der Waals surface area (Å²) < 4.78 is 2.10. The number of fused-ring (bicyclic) bond motifs is 1. The minimum Gasteiger partial charge on any atom is -0.361 e. The van der Waals surface area contributed by atoms with Gasteiger partial charge in [0, 0.05) is 31.9 Å². The zero-order chi connectivity index (χ0) is 14.1. The second-order valence-electron chi connectivity index (χ2n) is 5.59. The fraction of sp³-hybridized carbons (Fsp3) is 0.438. The maximum Gasteiger partial charge on any atom is 0.252 e. The molecule has 0 atom stereocenters. The number of anilines is 1. The van der Waals surface area contributed by atoms with Crippen molar-refractivity contribution in [1.29, 1.82) is 0 Å². The topological polar surface area (TPSA) is 36.8 Å². The predicted octanol–water partition coefficient (Wildman–Crippen LogP) is 2.54. The zero-order valence-corrected chi connectivity index (χ0v) is 12.1. The van der Waals surface area contributed by atoms with E-state index in [1.165, 1.54) is 12.8 Å². The minimum absolute atomic E-state index is 0.0149. The molecule has 1 fully saturated rings. The van der Waals surface area contributed by atoms with Crippen molar-refractivity contribution in [1.82, 2.24) is 9.72 Å². The van der Waals surface area contributed by atoms with Gasteiger partial charge in [-0.1, -0.05) is 0 Å². The Morgan fingerprint density at radius 2 is 2.10 bits per heavy atom. The third kappa shape index (κ3) is 2.50. The van der Waals surface area contributed by atoms with E-state index in [4.69, 9.17) is 0 Å². The molecule has 2 aromatic rings. The normalized spacial score (nSPS) is 14.5. The third-order valence-electron chi connectivity index (χ3n) is 3.85. The molecular formula is C16H21N3O. The number of carbonyl (C=O) groups excluding carboxylic acids is 1. The van der Waals surface area contributed by atoms with Crippen molar-refractivity contribution in [3.05, 3.63) is 36.0 Å². The summed E-state index contributed by atoms with van der Waals surface area (Å²) in [6.45, 7) is 3.68. The van der Waals surface area contributed by atoms with E-state index in [0.29, 0.717) is 12.1 Å². The van der Waals surface area contributed by atoms with Gasteiger partial charge in [0.1, 0.15) is 5.82 Å². The number of carbonyl (C=O) groups is 1. The number of amides is 1. The summed E-state index contributed by atoms with van der Waals surface area (Å²) in [6, 6.07) is 8.10. The van der Waals surface area contributed by atoms with E-state index in [0.717, 1.165) is 23.8 Å². The number of hydrogen-bond acceptors (Lipinski definition) is 2. The van der Waals surface area contributed by atoms with Gasteiger partial charge in [-0.15, -0.1) is 0 Å². The number of nitrogens with zero attached hydrogens (tertiary/aromatic N) is 2. The van der Waals surface area contributed by atoms with Crippen LogP contribution in [-0.2, 0) is 0 Å². The molecule has 3 rings (SSSR count). The molecule has 106 valence electrons. The molecule has 0 spiro atoms. The number of nitrogens with one attached hydrogen (secondary N) is 1. The van der Waals surface area contributed by atoms with Crippen LogP contribution in [0.3, 0.4) is 0 Å². The van der Waals surface area contributed by atoms with Crippen LogP contribution >= 0.6 is 0 Å². The summed E-state index contributed by atoms with van der Waals surface area (Å²) in [5.41, 5.74) is 1.83. The first-order valence-electron chi connectivity index (χ1n) is 7.29. The fourth-order valence-corrected chi connectivity index (χ4v) is 2.58. The monoisotopic (exact) mass is 271 g/mol. The molecule has 2 heterocycles. The smallest absolute Gasteiger partial charge is 0.252 e. The molecule has 0 saturated heterocycles. The van der Waals surface area contributed by atoms with Crippen LogP contribution < -0.4 is 10.2 Å². The van der Waals surface area contributed by atoms with Crippen molar-refractivity contribution < 1.29 is 4.79 Å². The van der Waals surface area contributed by atoms with Crippen LogP contribution in [0.2, 0.25) is 0 Å². The number of hydrogen-bond donors (Lipinski definition) is 1. The largest absolute Gasteiger partial charge is 0.361 e. The standard InChI is InChI=1S/C16H21N3O/c1-3-17-16(20)13-6-7-14-8-9-15(19(14)11-13)18(2)10-12-4-5-12/h6-9,11-12H,3-5,10H2,1-2H3,(H,17,20). The molecule has 0 radical (unpaired) electrons. The molecule has 0 aromatic carbocycles. The first-order chi connectivity index (χ1) is 9.69. The van der Waals surface area contributed by atoms with E-state index in [2.05, 4.69) is 33.8 Å². The van der Waals surface area contributed by atoms with Crippen LogP contribution in [0, 0.1) is 5.92 Å². The first-order valence-corrected chi connectivity index (χ1v) is 7.29. The van der Waals surface area contributed by atoms with Gasteiger partial charge in [0.15, 0.2) is 0 Å². The number of aromatic nitrogens is 1.